The second kappa shape index (κ2) is 7.43. The van der Waals surface area contributed by atoms with Gasteiger partial charge in [-0.1, -0.05) is 12.1 Å². The fourth-order valence-electron chi connectivity index (χ4n) is 2.99. The first kappa shape index (κ1) is 17.7. The molecule has 0 saturated heterocycles. The summed E-state index contributed by atoms with van der Waals surface area (Å²) in [5, 5.41) is 11.7. The third-order valence-electron chi connectivity index (χ3n) is 4.32. The smallest absolute Gasteiger partial charge is 0.227 e. The minimum atomic E-state index is -0.0780. The molecule has 0 aliphatic carbocycles. The number of aryl methyl sites for hydroxylation is 2. The number of carbonyl (C=O) groups excluding carboxylic acids is 1. The molecule has 136 valence electrons. The fourth-order valence-corrected chi connectivity index (χ4v) is 2.99. The third-order valence-corrected chi connectivity index (χ3v) is 4.32. The van der Waals surface area contributed by atoms with Crippen molar-refractivity contribution in [2.45, 2.75) is 26.3 Å². The van der Waals surface area contributed by atoms with Crippen molar-refractivity contribution < 1.29 is 9.53 Å². The van der Waals surface area contributed by atoms with Gasteiger partial charge in [0, 0.05) is 31.4 Å². The molecule has 1 amide bonds. The molecular weight excluding hydrogens is 330 g/mol. The van der Waals surface area contributed by atoms with Gasteiger partial charge in [-0.15, -0.1) is 0 Å². The van der Waals surface area contributed by atoms with Crippen LogP contribution in [-0.4, -0.2) is 32.6 Å². The lowest BCUT2D eigenvalue weighted by Crippen LogP contribution is -2.19. The van der Waals surface area contributed by atoms with Crippen molar-refractivity contribution in [3.05, 3.63) is 48.4 Å². The van der Waals surface area contributed by atoms with E-state index in [0.29, 0.717) is 12.2 Å². The maximum atomic E-state index is 12.6. The summed E-state index contributed by atoms with van der Waals surface area (Å²) in [6, 6.07) is 9.54. The van der Waals surface area contributed by atoms with Crippen LogP contribution in [0.4, 0.5) is 5.82 Å². The highest BCUT2D eigenvalue weighted by atomic mass is 16.5. The van der Waals surface area contributed by atoms with Crippen LogP contribution in [0.15, 0.2) is 42.7 Å². The summed E-state index contributed by atoms with van der Waals surface area (Å²) >= 11 is 0. The van der Waals surface area contributed by atoms with Gasteiger partial charge in [0.25, 0.3) is 0 Å². The van der Waals surface area contributed by atoms with Crippen LogP contribution in [0, 0.1) is 6.92 Å². The zero-order valence-corrected chi connectivity index (χ0v) is 15.4. The van der Waals surface area contributed by atoms with Crippen molar-refractivity contribution >= 4 is 11.7 Å². The summed E-state index contributed by atoms with van der Waals surface area (Å²) in [4.78, 5) is 12.6. The van der Waals surface area contributed by atoms with E-state index >= 15 is 0 Å². The maximum absolute atomic E-state index is 12.6. The van der Waals surface area contributed by atoms with E-state index in [4.69, 9.17) is 4.74 Å². The van der Waals surface area contributed by atoms with Crippen LogP contribution in [0.5, 0.6) is 5.75 Å². The lowest BCUT2D eigenvalue weighted by molar-refractivity contribution is -0.116. The van der Waals surface area contributed by atoms with E-state index in [-0.39, 0.29) is 11.9 Å². The SMILES string of the molecule is COc1ccc(-c2c(C)nn(C)c2NC(=O)CC(C)n2cccn2)cc1. The van der Waals surface area contributed by atoms with Gasteiger partial charge in [0.15, 0.2) is 0 Å². The first-order valence-corrected chi connectivity index (χ1v) is 8.46. The van der Waals surface area contributed by atoms with E-state index in [9.17, 15) is 4.79 Å². The van der Waals surface area contributed by atoms with Crippen molar-refractivity contribution in [3.8, 4) is 16.9 Å². The lowest BCUT2D eigenvalue weighted by Gasteiger charge is -2.13. The predicted octanol–water partition coefficient (Wildman–Crippen LogP) is 3.19. The highest BCUT2D eigenvalue weighted by molar-refractivity contribution is 5.95. The molecule has 2 aromatic heterocycles. The number of nitrogens with one attached hydrogen (secondary N) is 1. The van der Waals surface area contributed by atoms with E-state index in [2.05, 4.69) is 15.5 Å². The van der Waals surface area contributed by atoms with Gasteiger partial charge in [-0.2, -0.15) is 10.2 Å². The van der Waals surface area contributed by atoms with Crippen molar-refractivity contribution in [2.75, 3.05) is 12.4 Å². The largest absolute Gasteiger partial charge is 0.497 e. The van der Waals surface area contributed by atoms with E-state index in [1.165, 1.54) is 0 Å². The van der Waals surface area contributed by atoms with Crippen molar-refractivity contribution in [2.24, 2.45) is 7.05 Å². The zero-order valence-electron chi connectivity index (χ0n) is 15.4. The Morgan fingerprint density at radius 2 is 2.04 bits per heavy atom. The number of rotatable bonds is 6. The van der Waals surface area contributed by atoms with Crippen molar-refractivity contribution in [1.29, 1.82) is 0 Å². The van der Waals surface area contributed by atoms with Gasteiger partial charge >= 0.3 is 0 Å². The Hall–Kier alpha value is -3.09. The number of hydrogen-bond donors (Lipinski definition) is 1. The molecule has 3 aromatic rings. The predicted molar refractivity (Wildman–Crippen MR) is 100 cm³/mol. The molecule has 1 aromatic carbocycles. The van der Waals surface area contributed by atoms with E-state index < -0.39 is 0 Å². The second-order valence-corrected chi connectivity index (χ2v) is 6.25. The quantitative estimate of drug-likeness (QED) is 0.738. The molecule has 0 radical (unpaired) electrons. The number of methoxy groups -OCH3 is 1. The molecule has 1 atom stereocenters. The molecular formula is C19H23N5O2. The van der Waals surface area contributed by atoms with Crippen LogP contribution in [0.1, 0.15) is 25.1 Å². The Balaban J connectivity index is 1.82. The van der Waals surface area contributed by atoms with Crippen LogP contribution in [0.2, 0.25) is 0 Å². The number of aromatic nitrogens is 4. The summed E-state index contributed by atoms with van der Waals surface area (Å²) in [7, 11) is 3.46. The first-order valence-electron chi connectivity index (χ1n) is 8.46. The molecule has 0 aliphatic rings. The third kappa shape index (κ3) is 3.61. The molecule has 3 rings (SSSR count). The number of ether oxygens (including phenoxy) is 1. The number of carbonyl (C=O) groups is 1. The first-order chi connectivity index (χ1) is 12.5. The minimum Gasteiger partial charge on any atom is -0.497 e. The normalized spacial score (nSPS) is 12.0. The Labute approximate surface area is 152 Å². The lowest BCUT2D eigenvalue weighted by atomic mass is 10.1. The van der Waals surface area contributed by atoms with Crippen molar-refractivity contribution in [1.82, 2.24) is 19.6 Å². The Morgan fingerprint density at radius 3 is 2.65 bits per heavy atom. The van der Waals surface area contributed by atoms with Gasteiger partial charge in [0.1, 0.15) is 11.6 Å². The zero-order chi connectivity index (χ0) is 18.7. The topological polar surface area (TPSA) is 74.0 Å². The molecule has 0 spiro atoms. The molecule has 1 unspecified atom stereocenters. The Kier molecular flexibility index (Phi) is 5.06. The summed E-state index contributed by atoms with van der Waals surface area (Å²) in [5.41, 5.74) is 2.75. The average Bonchev–Trinajstić information content (AvgIpc) is 3.24. The summed E-state index contributed by atoms with van der Waals surface area (Å²) < 4.78 is 8.69. The van der Waals surface area contributed by atoms with Gasteiger partial charge < -0.3 is 10.1 Å². The van der Waals surface area contributed by atoms with E-state index in [1.807, 2.05) is 57.4 Å². The summed E-state index contributed by atoms with van der Waals surface area (Å²) in [6.45, 7) is 3.90. The van der Waals surface area contributed by atoms with Crippen molar-refractivity contribution in [3.63, 3.8) is 0 Å². The molecule has 7 nitrogen and oxygen atoms in total. The number of nitrogens with zero attached hydrogens (tertiary/aromatic N) is 4. The number of amides is 1. The Bertz CT molecular complexity index is 882. The van der Waals surface area contributed by atoms with Gasteiger partial charge in [0.05, 0.1) is 18.8 Å². The number of hydrogen-bond acceptors (Lipinski definition) is 4. The standard InChI is InChI=1S/C19H23N5O2/c1-13(24-11-5-10-20-24)12-17(25)21-19-18(14(2)22-23(19)3)15-6-8-16(26-4)9-7-15/h5-11,13H,12H2,1-4H3,(H,21,25). The average molecular weight is 353 g/mol. The second-order valence-electron chi connectivity index (χ2n) is 6.25. The van der Waals surface area contributed by atoms with Crippen LogP contribution >= 0.6 is 0 Å². The van der Waals surface area contributed by atoms with Gasteiger partial charge in [-0.05, 0) is 37.6 Å². The minimum absolute atomic E-state index is 0.0243. The molecule has 0 fully saturated rings. The van der Waals surface area contributed by atoms with Crippen LogP contribution in [0.25, 0.3) is 11.1 Å². The molecule has 0 aliphatic heterocycles. The summed E-state index contributed by atoms with van der Waals surface area (Å²) in [5.74, 6) is 1.39. The van der Waals surface area contributed by atoms with Gasteiger partial charge in [-0.25, -0.2) is 0 Å². The monoisotopic (exact) mass is 353 g/mol. The molecule has 26 heavy (non-hydrogen) atoms. The fraction of sp³-hybridized carbons (Fsp3) is 0.316. The van der Waals surface area contributed by atoms with Gasteiger partial charge in [-0.3, -0.25) is 14.2 Å². The van der Waals surface area contributed by atoms with Crippen LogP contribution < -0.4 is 10.1 Å². The number of benzene rings is 1. The van der Waals surface area contributed by atoms with E-state index in [1.54, 1.807) is 22.7 Å². The highest BCUT2D eigenvalue weighted by Gasteiger charge is 2.19. The molecule has 0 bridgehead atoms. The molecule has 2 heterocycles. The maximum Gasteiger partial charge on any atom is 0.227 e. The molecule has 0 saturated carbocycles. The number of anilines is 1. The van der Waals surface area contributed by atoms with E-state index in [0.717, 1.165) is 22.6 Å². The summed E-state index contributed by atoms with van der Waals surface area (Å²) in [6.07, 6.45) is 3.89. The van der Waals surface area contributed by atoms with Crippen LogP contribution in [0.3, 0.4) is 0 Å². The molecule has 1 N–H and O–H groups in total. The Morgan fingerprint density at radius 1 is 1.31 bits per heavy atom. The highest BCUT2D eigenvalue weighted by Crippen LogP contribution is 2.32. The molecule has 7 heteroatoms. The van der Waals surface area contributed by atoms with Crippen LogP contribution in [-0.2, 0) is 11.8 Å². The van der Waals surface area contributed by atoms with Gasteiger partial charge in [0.2, 0.25) is 5.91 Å².